The first-order chi connectivity index (χ1) is 13.1. The Morgan fingerprint density at radius 3 is 2.11 bits per heavy atom. The smallest absolute Gasteiger partial charge is 0.235 e. The van der Waals surface area contributed by atoms with Crippen molar-refractivity contribution in [2.24, 2.45) is 0 Å². The van der Waals surface area contributed by atoms with Crippen molar-refractivity contribution in [3.8, 4) is 0 Å². The van der Waals surface area contributed by atoms with Gasteiger partial charge in [-0.25, -0.2) is 8.42 Å². The number of nitrogens with zero attached hydrogens (tertiary/aromatic N) is 1. The molecule has 2 aromatic rings. The van der Waals surface area contributed by atoms with E-state index in [1.807, 2.05) is 55.5 Å². The molecule has 0 aromatic heterocycles. The zero-order chi connectivity index (χ0) is 20.8. The van der Waals surface area contributed by atoms with Crippen molar-refractivity contribution in [2.75, 3.05) is 12.8 Å². The fourth-order valence-electron chi connectivity index (χ4n) is 3.38. The Bertz CT molecular complexity index is 865. The molecule has 152 valence electrons. The van der Waals surface area contributed by atoms with Crippen LogP contribution < -0.4 is 5.32 Å². The summed E-state index contributed by atoms with van der Waals surface area (Å²) in [6.07, 6.45) is 1.88. The van der Waals surface area contributed by atoms with Crippen LogP contribution in [0.5, 0.6) is 0 Å². The summed E-state index contributed by atoms with van der Waals surface area (Å²) >= 11 is 0. The Morgan fingerprint density at radius 1 is 1.04 bits per heavy atom. The molecule has 2 rings (SSSR count). The maximum Gasteiger partial charge on any atom is 0.235 e. The molecular weight excluding hydrogens is 372 g/mol. The van der Waals surface area contributed by atoms with Gasteiger partial charge in [0.1, 0.15) is 0 Å². The van der Waals surface area contributed by atoms with E-state index >= 15 is 0 Å². The summed E-state index contributed by atoms with van der Waals surface area (Å²) in [7, 11) is -3.50. The van der Waals surface area contributed by atoms with Crippen LogP contribution in [-0.2, 0) is 26.8 Å². The first-order valence-electron chi connectivity index (χ1n) is 9.42. The van der Waals surface area contributed by atoms with Crippen molar-refractivity contribution >= 4 is 15.9 Å². The molecule has 0 aliphatic heterocycles. The predicted molar refractivity (Wildman–Crippen MR) is 113 cm³/mol. The highest BCUT2D eigenvalue weighted by atomic mass is 32.2. The second-order valence-corrected chi connectivity index (χ2v) is 9.92. The molecule has 2 aromatic carbocycles. The van der Waals surface area contributed by atoms with Crippen molar-refractivity contribution in [3.63, 3.8) is 0 Å². The van der Waals surface area contributed by atoms with Crippen LogP contribution in [0.1, 0.15) is 38.3 Å². The standard InChI is InChI=1S/C22H30N2O3S/c1-18(15-22(2,3)20-13-9-6-10-14-20)23-21(25)17-24(28(4,26)27)16-19-11-7-5-8-12-19/h5-14,18H,15-17H2,1-4H3,(H,23,25)/t18-/m1/s1. The van der Waals surface area contributed by atoms with Crippen molar-refractivity contribution in [1.29, 1.82) is 0 Å². The number of hydrogen-bond donors (Lipinski definition) is 1. The second kappa shape index (κ2) is 9.34. The van der Waals surface area contributed by atoms with Crippen LogP contribution in [0.2, 0.25) is 0 Å². The number of hydrogen-bond acceptors (Lipinski definition) is 3. The first-order valence-corrected chi connectivity index (χ1v) is 11.3. The lowest BCUT2D eigenvalue weighted by molar-refractivity contribution is -0.122. The van der Waals surface area contributed by atoms with Crippen molar-refractivity contribution < 1.29 is 13.2 Å². The highest BCUT2D eigenvalue weighted by Gasteiger charge is 2.25. The lowest BCUT2D eigenvalue weighted by Gasteiger charge is -2.29. The van der Waals surface area contributed by atoms with Gasteiger partial charge in [-0.05, 0) is 29.9 Å². The zero-order valence-corrected chi connectivity index (χ0v) is 17.9. The van der Waals surface area contributed by atoms with Gasteiger partial charge in [-0.3, -0.25) is 4.79 Å². The number of benzene rings is 2. The summed E-state index contributed by atoms with van der Waals surface area (Å²) in [6.45, 7) is 6.22. The third-order valence-corrected chi connectivity index (χ3v) is 5.97. The molecular formula is C22H30N2O3S. The highest BCUT2D eigenvalue weighted by Crippen LogP contribution is 2.28. The lowest BCUT2D eigenvalue weighted by Crippen LogP contribution is -2.44. The maximum atomic E-state index is 12.5. The monoisotopic (exact) mass is 402 g/mol. The van der Waals surface area contributed by atoms with Crippen LogP contribution in [-0.4, -0.2) is 37.5 Å². The van der Waals surface area contributed by atoms with E-state index in [0.717, 1.165) is 18.2 Å². The van der Waals surface area contributed by atoms with E-state index in [4.69, 9.17) is 0 Å². The predicted octanol–water partition coefficient (Wildman–Crippen LogP) is 3.32. The van der Waals surface area contributed by atoms with Gasteiger partial charge >= 0.3 is 0 Å². The summed E-state index contributed by atoms with van der Waals surface area (Å²) in [5, 5.41) is 2.95. The van der Waals surface area contributed by atoms with Crippen LogP contribution in [0, 0.1) is 0 Å². The summed E-state index contributed by atoms with van der Waals surface area (Å²) < 4.78 is 25.4. The zero-order valence-electron chi connectivity index (χ0n) is 17.1. The van der Waals surface area contributed by atoms with Gasteiger partial charge in [-0.1, -0.05) is 74.5 Å². The third kappa shape index (κ3) is 6.77. The Hall–Kier alpha value is -2.18. The van der Waals surface area contributed by atoms with Crippen molar-refractivity contribution in [3.05, 3.63) is 71.8 Å². The topological polar surface area (TPSA) is 66.5 Å². The molecule has 0 aliphatic rings. The molecule has 28 heavy (non-hydrogen) atoms. The second-order valence-electron chi connectivity index (χ2n) is 7.94. The van der Waals surface area contributed by atoms with Gasteiger partial charge in [-0.2, -0.15) is 4.31 Å². The molecule has 0 radical (unpaired) electrons. The molecule has 0 saturated carbocycles. The van der Waals surface area contributed by atoms with Gasteiger partial charge in [-0.15, -0.1) is 0 Å². The molecule has 0 saturated heterocycles. The Labute approximate surface area is 168 Å². The van der Waals surface area contributed by atoms with Crippen LogP contribution in [0.3, 0.4) is 0 Å². The lowest BCUT2D eigenvalue weighted by atomic mass is 9.79. The summed E-state index contributed by atoms with van der Waals surface area (Å²) in [4.78, 5) is 12.5. The molecule has 5 nitrogen and oxygen atoms in total. The van der Waals surface area contributed by atoms with E-state index in [1.54, 1.807) is 0 Å². The van der Waals surface area contributed by atoms with E-state index in [9.17, 15) is 13.2 Å². The van der Waals surface area contributed by atoms with Crippen LogP contribution >= 0.6 is 0 Å². The van der Waals surface area contributed by atoms with Gasteiger partial charge in [0, 0.05) is 12.6 Å². The Kier molecular flexibility index (Phi) is 7.38. The summed E-state index contributed by atoms with van der Waals surface area (Å²) in [5.74, 6) is -0.294. The molecule has 1 amide bonds. The van der Waals surface area contributed by atoms with Gasteiger partial charge in [0.25, 0.3) is 0 Å². The van der Waals surface area contributed by atoms with Crippen LogP contribution in [0.4, 0.5) is 0 Å². The quantitative estimate of drug-likeness (QED) is 0.700. The average Bonchev–Trinajstić information content (AvgIpc) is 2.61. The number of sulfonamides is 1. The summed E-state index contributed by atoms with van der Waals surface area (Å²) in [6, 6.07) is 19.4. The maximum absolute atomic E-state index is 12.5. The molecule has 0 aliphatic carbocycles. The number of carbonyl (C=O) groups is 1. The van der Waals surface area contributed by atoms with E-state index in [1.165, 1.54) is 9.87 Å². The van der Waals surface area contributed by atoms with E-state index in [-0.39, 0.29) is 30.5 Å². The van der Waals surface area contributed by atoms with Gasteiger partial charge in [0.05, 0.1) is 12.8 Å². The number of amides is 1. The number of nitrogens with one attached hydrogen (secondary N) is 1. The van der Waals surface area contributed by atoms with Crippen LogP contribution in [0.25, 0.3) is 0 Å². The molecule has 0 heterocycles. The van der Waals surface area contributed by atoms with Crippen molar-refractivity contribution in [1.82, 2.24) is 9.62 Å². The first kappa shape index (κ1) is 22.1. The fraction of sp³-hybridized carbons (Fsp3) is 0.409. The average molecular weight is 403 g/mol. The van der Waals surface area contributed by atoms with E-state index in [0.29, 0.717) is 0 Å². The Balaban J connectivity index is 1.98. The SMILES string of the molecule is C[C@H](CC(C)(C)c1ccccc1)NC(=O)CN(Cc1ccccc1)S(C)(=O)=O. The molecule has 0 fully saturated rings. The van der Waals surface area contributed by atoms with Gasteiger partial charge in [0.2, 0.25) is 15.9 Å². The van der Waals surface area contributed by atoms with Crippen molar-refractivity contribution in [2.45, 2.75) is 45.2 Å². The fourth-order valence-corrected chi connectivity index (χ4v) is 4.12. The minimum absolute atomic E-state index is 0.0826. The normalized spacial score (nSPS) is 13.3. The van der Waals surface area contributed by atoms with E-state index < -0.39 is 10.0 Å². The molecule has 0 bridgehead atoms. The molecule has 1 N–H and O–H groups in total. The third-order valence-electron chi connectivity index (χ3n) is 4.77. The van der Waals surface area contributed by atoms with Crippen LogP contribution in [0.15, 0.2) is 60.7 Å². The van der Waals surface area contributed by atoms with Gasteiger partial charge in [0.15, 0.2) is 0 Å². The highest BCUT2D eigenvalue weighted by molar-refractivity contribution is 7.88. The Morgan fingerprint density at radius 2 is 1.57 bits per heavy atom. The van der Waals surface area contributed by atoms with Gasteiger partial charge < -0.3 is 5.32 Å². The molecule has 6 heteroatoms. The largest absolute Gasteiger partial charge is 0.352 e. The molecule has 0 unspecified atom stereocenters. The van der Waals surface area contributed by atoms with E-state index in [2.05, 4.69) is 31.3 Å². The minimum Gasteiger partial charge on any atom is -0.352 e. The summed E-state index contributed by atoms with van der Waals surface area (Å²) in [5.41, 5.74) is 1.95. The molecule has 0 spiro atoms. The number of carbonyl (C=O) groups excluding carboxylic acids is 1. The number of rotatable bonds is 9. The molecule has 1 atom stereocenters. The minimum atomic E-state index is -3.50.